The first kappa shape index (κ1) is 16.5. The van der Waals surface area contributed by atoms with E-state index in [9.17, 15) is 8.42 Å². The van der Waals surface area contributed by atoms with Gasteiger partial charge in [0.05, 0.1) is 23.8 Å². The number of furan rings is 1. The minimum absolute atomic E-state index is 0.194. The molecule has 7 heteroatoms. The lowest BCUT2D eigenvalue weighted by Gasteiger charge is -2.12. The summed E-state index contributed by atoms with van der Waals surface area (Å²) in [7, 11) is -3.59. The molecule has 0 saturated carbocycles. The topological polar surface area (TPSA) is 78.6 Å². The van der Waals surface area contributed by atoms with Gasteiger partial charge < -0.3 is 9.15 Å². The summed E-state index contributed by atoms with van der Waals surface area (Å²) in [6.45, 7) is 1.96. The third kappa shape index (κ3) is 3.74. The number of aryl methyl sites for hydroxylation is 1. The van der Waals surface area contributed by atoms with Crippen LogP contribution in [0, 0.1) is 6.92 Å². The fraction of sp³-hybridized carbons (Fsp3) is 0.235. The molecule has 0 unspecified atom stereocenters. The minimum Gasteiger partial charge on any atom is -0.472 e. The van der Waals surface area contributed by atoms with Gasteiger partial charge in [0.2, 0.25) is 5.88 Å². The van der Waals surface area contributed by atoms with Gasteiger partial charge in [-0.25, -0.2) is 4.98 Å². The summed E-state index contributed by atoms with van der Waals surface area (Å²) in [5, 5.41) is 0.800. The maximum atomic E-state index is 11.3. The maximum absolute atomic E-state index is 11.3. The average Bonchev–Trinajstić information content (AvgIpc) is 3.02. The second kappa shape index (κ2) is 6.62. The van der Waals surface area contributed by atoms with Gasteiger partial charge in [0.25, 0.3) is 10.1 Å². The van der Waals surface area contributed by atoms with Crippen molar-refractivity contribution in [1.29, 1.82) is 0 Å². The molecule has 0 amide bonds. The van der Waals surface area contributed by atoms with Gasteiger partial charge in [0, 0.05) is 5.39 Å². The van der Waals surface area contributed by atoms with Crippen LogP contribution >= 0.6 is 0 Å². The Hall–Kier alpha value is -2.38. The van der Waals surface area contributed by atoms with Crippen molar-refractivity contribution in [2.45, 2.75) is 20.1 Å². The van der Waals surface area contributed by atoms with E-state index in [1.54, 1.807) is 6.07 Å². The van der Waals surface area contributed by atoms with Crippen LogP contribution < -0.4 is 4.74 Å². The number of benzene rings is 1. The summed E-state index contributed by atoms with van der Waals surface area (Å²) >= 11 is 0. The molecule has 0 fully saturated rings. The first-order valence-electron chi connectivity index (χ1n) is 7.32. The lowest BCUT2D eigenvalue weighted by molar-refractivity contribution is 0.268. The van der Waals surface area contributed by atoms with E-state index in [1.807, 2.05) is 37.3 Å². The predicted molar refractivity (Wildman–Crippen MR) is 89.2 cm³/mol. The SMILES string of the molecule is Cc1nc(OCc2ccccc2)c(COS(C)(=O)=O)c2occc12. The molecule has 2 aromatic heterocycles. The van der Waals surface area contributed by atoms with Gasteiger partial charge in [0.15, 0.2) is 0 Å². The van der Waals surface area contributed by atoms with E-state index in [1.165, 1.54) is 6.26 Å². The second-order valence-corrected chi connectivity index (χ2v) is 7.03. The van der Waals surface area contributed by atoms with Gasteiger partial charge in [-0.05, 0) is 18.6 Å². The largest absolute Gasteiger partial charge is 0.472 e. The van der Waals surface area contributed by atoms with E-state index in [0.29, 0.717) is 23.6 Å². The third-order valence-electron chi connectivity index (χ3n) is 3.49. The van der Waals surface area contributed by atoms with Crippen molar-refractivity contribution in [3.63, 3.8) is 0 Å². The van der Waals surface area contributed by atoms with Crippen molar-refractivity contribution in [2.24, 2.45) is 0 Å². The van der Waals surface area contributed by atoms with Gasteiger partial charge in [-0.1, -0.05) is 30.3 Å². The van der Waals surface area contributed by atoms with Crippen LogP contribution in [0.3, 0.4) is 0 Å². The van der Waals surface area contributed by atoms with Crippen LogP contribution in [-0.4, -0.2) is 19.7 Å². The van der Waals surface area contributed by atoms with Crippen LogP contribution in [0.4, 0.5) is 0 Å². The Labute approximate surface area is 140 Å². The molecule has 0 atom stereocenters. The zero-order valence-electron chi connectivity index (χ0n) is 13.4. The number of aromatic nitrogens is 1. The zero-order valence-corrected chi connectivity index (χ0v) is 14.2. The highest BCUT2D eigenvalue weighted by Crippen LogP contribution is 2.30. The minimum atomic E-state index is -3.59. The van der Waals surface area contributed by atoms with Crippen molar-refractivity contribution in [2.75, 3.05) is 6.26 Å². The summed E-state index contributed by atoms with van der Waals surface area (Å²) in [4.78, 5) is 4.43. The van der Waals surface area contributed by atoms with E-state index >= 15 is 0 Å². The third-order valence-corrected chi connectivity index (χ3v) is 4.04. The molecule has 1 aromatic carbocycles. The standard InChI is InChI=1S/C17H17NO5S/c1-12-14-8-9-21-16(14)15(11-23-24(2,19)20)17(18-12)22-10-13-6-4-3-5-7-13/h3-9H,10-11H2,1-2H3. The van der Waals surface area contributed by atoms with Crippen molar-refractivity contribution in [3.05, 3.63) is 59.5 Å². The highest BCUT2D eigenvalue weighted by molar-refractivity contribution is 7.85. The maximum Gasteiger partial charge on any atom is 0.264 e. The molecular formula is C17H17NO5S. The van der Waals surface area contributed by atoms with E-state index in [0.717, 1.165) is 22.9 Å². The fourth-order valence-electron chi connectivity index (χ4n) is 2.34. The van der Waals surface area contributed by atoms with Crippen LogP contribution in [0.1, 0.15) is 16.8 Å². The molecule has 0 aliphatic carbocycles. The molecule has 24 heavy (non-hydrogen) atoms. The molecule has 0 saturated heterocycles. The van der Waals surface area contributed by atoms with Crippen molar-refractivity contribution in [3.8, 4) is 5.88 Å². The van der Waals surface area contributed by atoms with Gasteiger partial charge in [-0.15, -0.1) is 0 Å². The quantitative estimate of drug-likeness (QED) is 0.637. The number of nitrogens with zero attached hydrogens (tertiary/aromatic N) is 1. The Kier molecular flexibility index (Phi) is 4.55. The van der Waals surface area contributed by atoms with Crippen molar-refractivity contribution in [1.82, 2.24) is 4.98 Å². The van der Waals surface area contributed by atoms with Gasteiger partial charge >= 0.3 is 0 Å². The number of hydrogen-bond donors (Lipinski definition) is 0. The predicted octanol–water partition coefficient (Wildman–Crippen LogP) is 3.19. The molecule has 0 spiro atoms. The van der Waals surface area contributed by atoms with E-state index in [2.05, 4.69) is 4.98 Å². The number of hydrogen-bond acceptors (Lipinski definition) is 6. The molecule has 0 bridgehead atoms. The number of ether oxygens (including phenoxy) is 1. The van der Waals surface area contributed by atoms with Gasteiger partial charge in [-0.3, -0.25) is 4.18 Å². The van der Waals surface area contributed by atoms with Gasteiger partial charge in [-0.2, -0.15) is 8.42 Å². The van der Waals surface area contributed by atoms with Crippen molar-refractivity contribution < 1.29 is 21.8 Å². The number of pyridine rings is 1. The summed E-state index contributed by atoms with van der Waals surface area (Å²) in [5.74, 6) is 0.308. The smallest absolute Gasteiger partial charge is 0.264 e. The summed E-state index contributed by atoms with van der Waals surface area (Å²) in [5.41, 5.74) is 2.72. The molecule has 0 radical (unpaired) electrons. The summed E-state index contributed by atoms with van der Waals surface area (Å²) < 4.78 is 38.9. The van der Waals surface area contributed by atoms with E-state index < -0.39 is 10.1 Å². The van der Waals surface area contributed by atoms with Crippen LogP contribution in [0.2, 0.25) is 0 Å². The first-order chi connectivity index (χ1) is 11.4. The molecule has 2 heterocycles. The van der Waals surface area contributed by atoms with Crippen LogP contribution in [0.25, 0.3) is 11.0 Å². The lowest BCUT2D eigenvalue weighted by atomic mass is 10.2. The molecule has 0 N–H and O–H groups in total. The highest BCUT2D eigenvalue weighted by Gasteiger charge is 2.18. The van der Waals surface area contributed by atoms with Gasteiger partial charge in [0.1, 0.15) is 18.8 Å². The normalized spacial score (nSPS) is 11.8. The first-order valence-corrected chi connectivity index (χ1v) is 9.13. The highest BCUT2D eigenvalue weighted by atomic mass is 32.2. The number of rotatable bonds is 6. The average molecular weight is 347 g/mol. The van der Waals surface area contributed by atoms with Crippen LogP contribution in [-0.2, 0) is 27.5 Å². The van der Waals surface area contributed by atoms with E-state index in [4.69, 9.17) is 13.3 Å². The molecule has 0 aliphatic rings. The Morgan fingerprint density at radius 1 is 1.12 bits per heavy atom. The fourth-order valence-corrected chi connectivity index (χ4v) is 2.68. The number of fused-ring (bicyclic) bond motifs is 1. The Balaban J connectivity index is 1.95. The molecule has 126 valence electrons. The summed E-state index contributed by atoms with van der Waals surface area (Å²) in [6, 6.07) is 11.4. The lowest BCUT2D eigenvalue weighted by Crippen LogP contribution is -2.07. The van der Waals surface area contributed by atoms with Crippen LogP contribution in [0.15, 0.2) is 47.1 Å². The van der Waals surface area contributed by atoms with E-state index in [-0.39, 0.29) is 6.61 Å². The Bertz CT molecular complexity index is 948. The molecule has 3 rings (SSSR count). The Morgan fingerprint density at radius 3 is 2.58 bits per heavy atom. The molecule has 3 aromatic rings. The monoisotopic (exact) mass is 347 g/mol. The Morgan fingerprint density at radius 2 is 1.88 bits per heavy atom. The zero-order chi connectivity index (χ0) is 17.2. The molecule has 6 nitrogen and oxygen atoms in total. The summed E-state index contributed by atoms with van der Waals surface area (Å²) in [6.07, 6.45) is 2.53. The van der Waals surface area contributed by atoms with Crippen LogP contribution in [0.5, 0.6) is 5.88 Å². The second-order valence-electron chi connectivity index (χ2n) is 5.38. The van der Waals surface area contributed by atoms with Crippen molar-refractivity contribution >= 4 is 21.1 Å². The molecular weight excluding hydrogens is 330 g/mol. The molecule has 0 aliphatic heterocycles.